The number of nitrogens with one attached hydrogen (secondary N) is 1. The predicted octanol–water partition coefficient (Wildman–Crippen LogP) is 2.42. The molecule has 0 radical (unpaired) electrons. The molecule has 2 heterocycles. The molecule has 0 aliphatic carbocycles. The summed E-state index contributed by atoms with van der Waals surface area (Å²) in [5, 5.41) is 4.30. The van der Waals surface area contributed by atoms with Gasteiger partial charge in [0, 0.05) is 31.6 Å². The van der Waals surface area contributed by atoms with Crippen LogP contribution in [0.4, 0.5) is 5.82 Å². The van der Waals surface area contributed by atoms with E-state index in [9.17, 15) is 8.42 Å². The summed E-state index contributed by atoms with van der Waals surface area (Å²) in [5.41, 5.74) is 0.789. The van der Waals surface area contributed by atoms with E-state index in [0.29, 0.717) is 6.42 Å². The van der Waals surface area contributed by atoms with Gasteiger partial charge >= 0.3 is 0 Å². The third-order valence-electron chi connectivity index (χ3n) is 4.37. The summed E-state index contributed by atoms with van der Waals surface area (Å²) in [4.78, 5) is 2.17. The fourth-order valence-corrected chi connectivity index (χ4v) is 4.82. The summed E-state index contributed by atoms with van der Waals surface area (Å²) >= 11 is 0. The average Bonchev–Trinajstić information content (AvgIpc) is 2.96. The van der Waals surface area contributed by atoms with Crippen LogP contribution in [0.5, 0.6) is 0 Å². The van der Waals surface area contributed by atoms with Crippen molar-refractivity contribution in [2.24, 2.45) is 0 Å². The fraction of sp³-hybridized carbons (Fsp3) is 0.529. The number of aromatic nitrogens is 1. The van der Waals surface area contributed by atoms with Gasteiger partial charge in [0.15, 0.2) is 0 Å². The van der Waals surface area contributed by atoms with Gasteiger partial charge in [-0.15, -0.1) is 0 Å². The van der Waals surface area contributed by atoms with E-state index in [-0.39, 0.29) is 5.75 Å². The lowest BCUT2D eigenvalue weighted by atomic mass is 10.2. The molecule has 3 rings (SSSR count). The second-order valence-corrected chi connectivity index (χ2v) is 8.02. The maximum Gasteiger partial charge on any atom is 0.240 e. The van der Waals surface area contributed by atoms with Gasteiger partial charge in [-0.05, 0) is 18.6 Å². The SMILES string of the molecule is CCCCCS(=O)(=O)n1c(N2CCNCC2)cc2ccccc21. The summed E-state index contributed by atoms with van der Waals surface area (Å²) in [7, 11) is -3.34. The molecule has 6 heteroatoms. The molecule has 1 aliphatic rings. The summed E-state index contributed by atoms with van der Waals surface area (Å²) in [6.07, 6.45) is 2.68. The number of benzene rings is 1. The van der Waals surface area contributed by atoms with Gasteiger partial charge in [-0.3, -0.25) is 0 Å². The van der Waals surface area contributed by atoms with Crippen LogP contribution in [-0.4, -0.2) is 44.3 Å². The molecule has 1 aromatic heterocycles. The maximum absolute atomic E-state index is 13.0. The molecule has 1 saturated heterocycles. The van der Waals surface area contributed by atoms with Crippen LogP contribution in [0.25, 0.3) is 10.9 Å². The van der Waals surface area contributed by atoms with Gasteiger partial charge in [0.05, 0.1) is 11.3 Å². The first-order valence-corrected chi connectivity index (χ1v) is 10.0. The molecular formula is C17H25N3O2S. The third-order valence-corrected chi connectivity index (χ3v) is 6.12. The van der Waals surface area contributed by atoms with Gasteiger partial charge < -0.3 is 10.2 Å². The molecule has 1 aliphatic heterocycles. The van der Waals surface area contributed by atoms with Gasteiger partial charge in [-0.25, -0.2) is 12.4 Å². The summed E-state index contributed by atoms with van der Waals surface area (Å²) < 4.78 is 27.5. The molecule has 0 amide bonds. The van der Waals surface area contributed by atoms with E-state index >= 15 is 0 Å². The molecule has 0 atom stereocenters. The van der Waals surface area contributed by atoms with Crippen molar-refractivity contribution in [3.05, 3.63) is 30.3 Å². The van der Waals surface area contributed by atoms with Crippen molar-refractivity contribution in [2.75, 3.05) is 36.8 Å². The Labute approximate surface area is 138 Å². The summed E-state index contributed by atoms with van der Waals surface area (Å²) in [6.45, 7) is 5.53. The maximum atomic E-state index is 13.0. The molecule has 2 aromatic rings. The van der Waals surface area contributed by atoms with Crippen LogP contribution in [0.15, 0.2) is 30.3 Å². The number of hydrogen-bond acceptors (Lipinski definition) is 4. The van der Waals surface area contributed by atoms with E-state index in [2.05, 4.69) is 17.1 Å². The van der Waals surface area contributed by atoms with Gasteiger partial charge in [0.1, 0.15) is 5.82 Å². The molecular weight excluding hydrogens is 310 g/mol. The Balaban J connectivity index is 2.05. The second-order valence-electron chi connectivity index (χ2n) is 6.09. The molecule has 126 valence electrons. The first-order valence-electron chi connectivity index (χ1n) is 8.43. The van der Waals surface area contributed by atoms with Crippen molar-refractivity contribution >= 4 is 26.7 Å². The van der Waals surface area contributed by atoms with Crippen LogP contribution in [0.1, 0.15) is 26.2 Å². The van der Waals surface area contributed by atoms with Crippen molar-refractivity contribution < 1.29 is 8.42 Å². The number of fused-ring (bicyclic) bond motifs is 1. The third kappa shape index (κ3) is 3.38. The monoisotopic (exact) mass is 335 g/mol. The minimum Gasteiger partial charge on any atom is -0.355 e. The first kappa shape index (κ1) is 16.3. The van der Waals surface area contributed by atoms with Crippen LogP contribution in [-0.2, 0) is 10.0 Å². The van der Waals surface area contributed by atoms with E-state index in [1.54, 1.807) is 3.97 Å². The number of piperazine rings is 1. The Morgan fingerprint density at radius 1 is 1.13 bits per heavy atom. The molecule has 0 saturated carbocycles. The van der Waals surface area contributed by atoms with E-state index in [1.165, 1.54) is 0 Å². The highest BCUT2D eigenvalue weighted by Gasteiger charge is 2.24. The highest BCUT2D eigenvalue weighted by atomic mass is 32.2. The topological polar surface area (TPSA) is 54.3 Å². The molecule has 23 heavy (non-hydrogen) atoms. The first-order chi connectivity index (χ1) is 11.1. The van der Waals surface area contributed by atoms with Gasteiger partial charge in [0.25, 0.3) is 0 Å². The van der Waals surface area contributed by atoms with Crippen molar-refractivity contribution in [3.8, 4) is 0 Å². The Kier molecular flexibility index (Phi) is 4.92. The molecule has 5 nitrogen and oxygen atoms in total. The van der Waals surface area contributed by atoms with Crippen LogP contribution >= 0.6 is 0 Å². The smallest absolute Gasteiger partial charge is 0.240 e. The van der Waals surface area contributed by atoms with Gasteiger partial charge in [-0.2, -0.15) is 0 Å². The normalized spacial score (nSPS) is 16.1. The molecule has 1 fully saturated rings. The lowest BCUT2D eigenvalue weighted by Gasteiger charge is -2.30. The highest BCUT2D eigenvalue weighted by molar-refractivity contribution is 7.90. The van der Waals surface area contributed by atoms with E-state index < -0.39 is 10.0 Å². The Bertz CT molecular complexity index is 761. The summed E-state index contributed by atoms with van der Waals surface area (Å²) in [5.74, 6) is 1.02. The van der Waals surface area contributed by atoms with Crippen LogP contribution in [0.3, 0.4) is 0 Å². The van der Waals surface area contributed by atoms with Crippen molar-refractivity contribution in [1.82, 2.24) is 9.29 Å². The number of para-hydroxylation sites is 1. The summed E-state index contributed by atoms with van der Waals surface area (Å²) in [6, 6.07) is 9.76. The molecule has 1 aromatic carbocycles. The Hall–Kier alpha value is -1.53. The zero-order valence-corrected chi connectivity index (χ0v) is 14.5. The number of unbranched alkanes of at least 4 members (excludes halogenated alkanes) is 2. The lowest BCUT2D eigenvalue weighted by molar-refractivity contribution is 0.570. The second kappa shape index (κ2) is 6.93. The number of anilines is 1. The largest absolute Gasteiger partial charge is 0.355 e. The molecule has 0 unspecified atom stereocenters. The van der Waals surface area contributed by atoms with Crippen molar-refractivity contribution in [2.45, 2.75) is 26.2 Å². The van der Waals surface area contributed by atoms with Gasteiger partial charge in [-0.1, -0.05) is 38.0 Å². The lowest BCUT2D eigenvalue weighted by Crippen LogP contribution is -2.44. The van der Waals surface area contributed by atoms with E-state index in [4.69, 9.17) is 0 Å². The number of rotatable bonds is 6. The standard InChI is InChI=1S/C17H25N3O2S/c1-2-3-6-13-23(21,22)20-16-8-5-4-7-15(16)14-17(20)19-11-9-18-10-12-19/h4-5,7-8,14,18H,2-3,6,9-13H2,1H3. The van der Waals surface area contributed by atoms with Gasteiger partial charge in [0.2, 0.25) is 10.0 Å². The number of nitrogens with zero attached hydrogens (tertiary/aromatic N) is 2. The van der Waals surface area contributed by atoms with Crippen molar-refractivity contribution in [3.63, 3.8) is 0 Å². The molecule has 0 spiro atoms. The predicted molar refractivity (Wildman–Crippen MR) is 95.7 cm³/mol. The minimum absolute atomic E-state index is 0.207. The number of hydrogen-bond donors (Lipinski definition) is 1. The van der Waals surface area contributed by atoms with Crippen LogP contribution in [0.2, 0.25) is 0 Å². The zero-order chi connectivity index (χ0) is 16.3. The van der Waals surface area contributed by atoms with Crippen LogP contribution < -0.4 is 10.2 Å². The fourth-order valence-electron chi connectivity index (χ4n) is 3.15. The van der Waals surface area contributed by atoms with E-state index in [1.807, 2.05) is 30.3 Å². The minimum atomic E-state index is -3.34. The average molecular weight is 335 g/mol. The highest BCUT2D eigenvalue weighted by Crippen LogP contribution is 2.29. The molecule has 1 N–H and O–H groups in total. The molecule has 0 bridgehead atoms. The zero-order valence-electron chi connectivity index (χ0n) is 13.7. The van der Waals surface area contributed by atoms with Crippen molar-refractivity contribution in [1.29, 1.82) is 0 Å². The quantitative estimate of drug-likeness (QED) is 0.824. The Morgan fingerprint density at radius 2 is 1.87 bits per heavy atom. The Morgan fingerprint density at radius 3 is 2.61 bits per heavy atom. The van der Waals surface area contributed by atoms with Crippen LogP contribution in [0, 0.1) is 0 Å². The van der Waals surface area contributed by atoms with E-state index in [0.717, 1.165) is 55.7 Å².